The number of carbonyl (C=O) groups is 1. The first-order valence-electron chi connectivity index (χ1n) is 5.86. The number of amides is 1. The predicted molar refractivity (Wildman–Crippen MR) is 62.4 cm³/mol. The molecule has 1 unspecified atom stereocenters. The molecule has 1 saturated carbocycles. The largest absolute Gasteiger partial charge is 0.339 e. The average Bonchev–Trinajstić information content (AvgIpc) is 3.12. The molecule has 0 aromatic rings. The van der Waals surface area contributed by atoms with Crippen LogP contribution in [0.4, 0.5) is 0 Å². The van der Waals surface area contributed by atoms with Crippen LogP contribution in [-0.4, -0.2) is 29.4 Å². The van der Waals surface area contributed by atoms with Gasteiger partial charge < -0.3 is 10.6 Å². The zero-order chi connectivity index (χ0) is 12.9. The van der Waals surface area contributed by atoms with Gasteiger partial charge in [0.1, 0.15) is 0 Å². The summed E-state index contributed by atoms with van der Waals surface area (Å²) < 4.78 is 0. The Bertz CT molecular complexity index is 342. The van der Waals surface area contributed by atoms with Crippen LogP contribution < -0.4 is 5.73 Å². The fraction of sp³-hybridized carbons (Fsp3) is 0.750. The van der Waals surface area contributed by atoms with Crippen molar-refractivity contribution in [2.45, 2.75) is 38.1 Å². The number of carbonyl (C=O) groups excluding carboxylic acids is 1. The van der Waals surface area contributed by atoms with E-state index in [4.69, 9.17) is 16.3 Å². The molecular formula is C12H18N4O. The fourth-order valence-electron chi connectivity index (χ4n) is 1.88. The van der Waals surface area contributed by atoms with Crippen molar-refractivity contribution in [1.82, 2.24) is 4.90 Å². The molecule has 1 rings (SSSR count). The topological polar surface area (TPSA) is 93.9 Å². The van der Waals surface area contributed by atoms with E-state index in [-0.39, 0.29) is 24.7 Å². The molecule has 0 aromatic heterocycles. The van der Waals surface area contributed by atoms with Gasteiger partial charge in [-0.15, -0.1) is 0 Å². The van der Waals surface area contributed by atoms with Crippen molar-refractivity contribution in [3.8, 4) is 12.1 Å². The number of nitriles is 2. The number of hydrogen-bond donors (Lipinski definition) is 1. The van der Waals surface area contributed by atoms with Crippen LogP contribution in [-0.2, 0) is 4.79 Å². The Hall–Kier alpha value is -1.59. The van der Waals surface area contributed by atoms with Gasteiger partial charge in [0.25, 0.3) is 0 Å². The molecule has 0 bridgehead atoms. The van der Waals surface area contributed by atoms with Gasteiger partial charge in [-0.25, -0.2) is 0 Å². The third-order valence-electron chi connectivity index (χ3n) is 3.16. The maximum absolute atomic E-state index is 12.2. The van der Waals surface area contributed by atoms with E-state index < -0.39 is 5.54 Å². The summed E-state index contributed by atoms with van der Waals surface area (Å²) in [6.07, 6.45) is 2.53. The average molecular weight is 234 g/mol. The van der Waals surface area contributed by atoms with Crippen LogP contribution in [0.1, 0.15) is 32.6 Å². The van der Waals surface area contributed by atoms with Crippen LogP contribution in [0.5, 0.6) is 0 Å². The van der Waals surface area contributed by atoms with Gasteiger partial charge in [-0.1, -0.05) is 0 Å². The molecule has 1 amide bonds. The molecule has 5 heteroatoms. The Morgan fingerprint density at radius 2 is 1.82 bits per heavy atom. The summed E-state index contributed by atoms with van der Waals surface area (Å²) in [5.74, 6) is 0.118. The maximum atomic E-state index is 12.2. The molecule has 17 heavy (non-hydrogen) atoms. The van der Waals surface area contributed by atoms with E-state index >= 15 is 0 Å². The van der Waals surface area contributed by atoms with E-state index in [1.165, 1.54) is 0 Å². The highest BCUT2D eigenvalue weighted by molar-refractivity contribution is 5.86. The SMILES string of the molecule is CC(N)(C(=O)N(CCC#N)CCC#N)C1CC1. The number of nitrogens with zero attached hydrogens (tertiary/aromatic N) is 3. The van der Waals surface area contributed by atoms with Crippen LogP contribution in [0.15, 0.2) is 0 Å². The van der Waals surface area contributed by atoms with Crippen molar-refractivity contribution >= 4 is 5.91 Å². The summed E-state index contributed by atoms with van der Waals surface area (Å²) in [4.78, 5) is 13.8. The lowest BCUT2D eigenvalue weighted by molar-refractivity contribution is -0.137. The molecule has 1 aliphatic rings. The van der Waals surface area contributed by atoms with E-state index in [0.29, 0.717) is 13.1 Å². The van der Waals surface area contributed by atoms with Gasteiger partial charge in [0.15, 0.2) is 0 Å². The van der Waals surface area contributed by atoms with Gasteiger partial charge >= 0.3 is 0 Å². The standard InChI is InChI=1S/C12H18N4O/c1-12(15,10-4-5-10)11(17)16(8-2-6-13)9-3-7-14/h10H,2-5,8-9,15H2,1H3. The minimum Gasteiger partial charge on any atom is -0.339 e. The van der Waals surface area contributed by atoms with Gasteiger partial charge in [-0.2, -0.15) is 10.5 Å². The molecule has 0 aromatic carbocycles. The molecule has 0 heterocycles. The molecular weight excluding hydrogens is 216 g/mol. The van der Waals surface area contributed by atoms with Crippen molar-refractivity contribution in [1.29, 1.82) is 10.5 Å². The highest BCUT2D eigenvalue weighted by atomic mass is 16.2. The lowest BCUT2D eigenvalue weighted by atomic mass is 9.95. The lowest BCUT2D eigenvalue weighted by Crippen LogP contribution is -2.55. The van der Waals surface area contributed by atoms with Crippen molar-refractivity contribution in [2.75, 3.05) is 13.1 Å². The Labute approximate surface area is 102 Å². The van der Waals surface area contributed by atoms with Gasteiger partial charge in [-0.3, -0.25) is 4.79 Å². The Kier molecular flexibility index (Phi) is 4.48. The van der Waals surface area contributed by atoms with Crippen molar-refractivity contribution in [2.24, 2.45) is 11.7 Å². The van der Waals surface area contributed by atoms with E-state index in [1.54, 1.807) is 11.8 Å². The maximum Gasteiger partial charge on any atom is 0.242 e. The van der Waals surface area contributed by atoms with Gasteiger partial charge in [0.2, 0.25) is 5.91 Å². The minimum absolute atomic E-state index is 0.134. The molecule has 1 aliphatic carbocycles. The first-order valence-corrected chi connectivity index (χ1v) is 5.86. The molecule has 1 fully saturated rings. The molecule has 0 aliphatic heterocycles. The summed E-state index contributed by atoms with van der Waals surface area (Å²) in [6, 6.07) is 4.02. The van der Waals surface area contributed by atoms with Crippen LogP contribution in [0.2, 0.25) is 0 Å². The second-order valence-electron chi connectivity index (χ2n) is 4.67. The summed E-state index contributed by atoms with van der Waals surface area (Å²) in [6.45, 7) is 2.46. The third-order valence-corrected chi connectivity index (χ3v) is 3.16. The Morgan fingerprint density at radius 1 is 1.35 bits per heavy atom. The molecule has 2 N–H and O–H groups in total. The molecule has 1 atom stereocenters. The smallest absolute Gasteiger partial charge is 0.242 e. The van der Waals surface area contributed by atoms with Crippen LogP contribution >= 0.6 is 0 Å². The Balaban J connectivity index is 2.64. The highest BCUT2D eigenvalue weighted by Crippen LogP contribution is 2.39. The lowest BCUT2D eigenvalue weighted by Gasteiger charge is -2.31. The van der Waals surface area contributed by atoms with Gasteiger partial charge in [-0.05, 0) is 25.7 Å². The second-order valence-corrected chi connectivity index (χ2v) is 4.67. The molecule has 5 nitrogen and oxygen atoms in total. The van der Waals surface area contributed by atoms with Crippen LogP contribution in [0.25, 0.3) is 0 Å². The Morgan fingerprint density at radius 3 is 2.18 bits per heavy atom. The monoisotopic (exact) mass is 234 g/mol. The minimum atomic E-state index is -0.842. The zero-order valence-corrected chi connectivity index (χ0v) is 10.1. The number of hydrogen-bond acceptors (Lipinski definition) is 4. The molecule has 92 valence electrons. The zero-order valence-electron chi connectivity index (χ0n) is 10.1. The summed E-state index contributed by atoms with van der Waals surface area (Å²) in [5, 5.41) is 17.1. The van der Waals surface area contributed by atoms with Crippen molar-refractivity contribution in [3.05, 3.63) is 0 Å². The number of rotatable bonds is 6. The fourth-order valence-corrected chi connectivity index (χ4v) is 1.88. The van der Waals surface area contributed by atoms with Crippen molar-refractivity contribution in [3.63, 3.8) is 0 Å². The molecule has 0 spiro atoms. The molecule has 0 saturated heterocycles. The van der Waals surface area contributed by atoms with E-state index in [9.17, 15) is 4.79 Å². The summed E-state index contributed by atoms with van der Waals surface area (Å²) >= 11 is 0. The van der Waals surface area contributed by atoms with Gasteiger partial charge in [0, 0.05) is 13.1 Å². The van der Waals surface area contributed by atoms with Crippen molar-refractivity contribution < 1.29 is 4.79 Å². The highest BCUT2D eigenvalue weighted by Gasteiger charge is 2.45. The summed E-state index contributed by atoms with van der Waals surface area (Å²) in [5.41, 5.74) is 5.21. The van der Waals surface area contributed by atoms with E-state index in [0.717, 1.165) is 12.8 Å². The normalized spacial score (nSPS) is 17.6. The predicted octanol–water partition coefficient (Wildman–Crippen LogP) is 0.770. The molecule has 0 radical (unpaired) electrons. The van der Waals surface area contributed by atoms with E-state index in [1.807, 2.05) is 12.1 Å². The first kappa shape index (κ1) is 13.5. The van der Waals surface area contributed by atoms with E-state index in [2.05, 4.69) is 0 Å². The van der Waals surface area contributed by atoms with Gasteiger partial charge in [0.05, 0.1) is 30.5 Å². The number of nitrogens with two attached hydrogens (primary N) is 1. The van der Waals surface area contributed by atoms with Crippen LogP contribution in [0, 0.1) is 28.6 Å². The second kappa shape index (κ2) is 5.65. The first-order chi connectivity index (χ1) is 8.04. The summed E-state index contributed by atoms with van der Waals surface area (Å²) in [7, 11) is 0. The third kappa shape index (κ3) is 3.44. The quantitative estimate of drug-likeness (QED) is 0.734. The van der Waals surface area contributed by atoms with Crippen LogP contribution in [0.3, 0.4) is 0 Å².